The van der Waals surface area contributed by atoms with Gasteiger partial charge in [0.15, 0.2) is 0 Å². The molecule has 5 rings (SSSR count). The number of rotatable bonds is 1. The number of aromatic nitrogens is 1. The highest BCUT2D eigenvalue weighted by Gasteiger charge is 2.47. The summed E-state index contributed by atoms with van der Waals surface area (Å²) in [5.74, 6) is -0.955. The zero-order valence-electron chi connectivity index (χ0n) is 15.4. The van der Waals surface area contributed by atoms with Crippen LogP contribution in [0.4, 0.5) is 5.69 Å². The summed E-state index contributed by atoms with van der Waals surface area (Å²) in [5.41, 5.74) is 5.61. The summed E-state index contributed by atoms with van der Waals surface area (Å²) in [7, 11) is 3.38. The third kappa shape index (κ3) is 2.01. The number of para-hydroxylation sites is 2. The Kier molecular flexibility index (Phi) is 3.37. The Morgan fingerprint density at radius 1 is 1.04 bits per heavy atom. The molecule has 0 fully saturated rings. The van der Waals surface area contributed by atoms with Gasteiger partial charge in [-0.1, -0.05) is 30.3 Å². The van der Waals surface area contributed by atoms with Crippen LogP contribution in [0, 0.1) is 5.92 Å². The van der Waals surface area contributed by atoms with E-state index in [4.69, 9.17) is 0 Å². The molecule has 2 aromatic carbocycles. The quantitative estimate of drug-likeness (QED) is 0.681. The normalized spacial score (nSPS) is 20.6. The van der Waals surface area contributed by atoms with Gasteiger partial charge in [-0.3, -0.25) is 9.59 Å². The van der Waals surface area contributed by atoms with Gasteiger partial charge in [0, 0.05) is 25.0 Å². The van der Waals surface area contributed by atoms with Crippen molar-refractivity contribution in [3.8, 4) is 5.75 Å². The van der Waals surface area contributed by atoms with Gasteiger partial charge in [0.1, 0.15) is 11.7 Å². The molecule has 2 N–H and O–H groups in total. The SMILES string of the molecule is CN1C(=O)[C@H]2C(=NN[C@H]2c2c(O)c3ccccc3n(C)c2=O)c2ccccc21. The molecule has 1 aromatic heterocycles. The van der Waals surface area contributed by atoms with Crippen LogP contribution in [-0.2, 0) is 11.8 Å². The van der Waals surface area contributed by atoms with Crippen molar-refractivity contribution >= 4 is 28.2 Å². The molecule has 0 spiro atoms. The molecule has 7 nitrogen and oxygen atoms in total. The summed E-state index contributed by atoms with van der Waals surface area (Å²) < 4.78 is 1.50. The molecule has 0 bridgehead atoms. The number of hydrazone groups is 1. The number of aromatic hydroxyl groups is 1. The van der Waals surface area contributed by atoms with Crippen molar-refractivity contribution in [2.75, 3.05) is 11.9 Å². The smallest absolute Gasteiger partial charge is 0.259 e. The van der Waals surface area contributed by atoms with Gasteiger partial charge < -0.3 is 20.0 Å². The number of hydrogen-bond donors (Lipinski definition) is 2. The van der Waals surface area contributed by atoms with E-state index in [9.17, 15) is 14.7 Å². The Balaban J connectivity index is 1.72. The number of nitrogens with one attached hydrogen (secondary N) is 1. The molecule has 2 aliphatic heterocycles. The fraction of sp³-hybridized carbons (Fsp3) is 0.190. The number of anilines is 1. The van der Waals surface area contributed by atoms with Crippen molar-refractivity contribution in [1.82, 2.24) is 9.99 Å². The molecule has 140 valence electrons. The predicted octanol–water partition coefficient (Wildman–Crippen LogP) is 1.89. The van der Waals surface area contributed by atoms with Crippen LogP contribution >= 0.6 is 0 Å². The fourth-order valence-corrected chi connectivity index (χ4v) is 4.25. The lowest BCUT2D eigenvalue weighted by Crippen LogP contribution is -2.45. The second-order valence-electron chi connectivity index (χ2n) is 7.14. The zero-order chi connectivity index (χ0) is 19.6. The minimum absolute atomic E-state index is 0.109. The Morgan fingerprint density at radius 3 is 2.57 bits per heavy atom. The van der Waals surface area contributed by atoms with Crippen LogP contribution in [0.3, 0.4) is 0 Å². The molecule has 3 heterocycles. The number of aryl methyl sites for hydroxylation is 1. The lowest BCUT2D eigenvalue weighted by molar-refractivity contribution is -0.120. The first-order chi connectivity index (χ1) is 13.5. The summed E-state index contributed by atoms with van der Waals surface area (Å²) >= 11 is 0. The standard InChI is InChI=1S/C21H18N4O3/c1-24-13-9-5-3-7-11(13)17-15(20(24)27)18(23-22-17)16-19(26)12-8-4-6-10-14(12)25(2)21(16)28/h3-10,15,18,23,26H,1-2H3/t15-,18+/m0/s1. The molecule has 28 heavy (non-hydrogen) atoms. The molecule has 7 heteroatoms. The van der Waals surface area contributed by atoms with Crippen molar-refractivity contribution < 1.29 is 9.90 Å². The third-order valence-electron chi connectivity index (χ3n) is 5.71. The van der Waals surface area contributed by atoms with E-state index in [1.54, 1.807) is 37.2 Å². The molecule has 2 aliphatic rings. The number of fused-ring (bicyclic) bond motifs is 4. The summed E-state index contributed by atoms with van der Waals surface area (Å²) in [5, 5.41) is 15.9. The van der Waals surface area contributed by atoms with Gasteiger partial charge in [0.25, 0.3) is 5.56 Å². The van der Waals surface area contributed by atoms with Crippen molar-refractivity contribution in [2.24, 2.45) is 18.1 Å². The lowest BCUT2D eigenvalue weighted by Gasteiger charge is -2.32. The topological polar surface area (TPSA) is 86.9 Å². The summed E-state index contributed by atoms with van der Waals surface area (Å²) in [6, 6.07) is 14.0. The van der Waals surface area contributed by atoms with Crippen LogP contribution in [0.15, 0.2) is 58.4 Å². The molecule has 0 saturated heterocycles. The van der Waals surface area contributed by atoms with Gasteiger partial charge in [-0.2, -0.15) is 5.10 Å². The van der Waals surface area contributed by atoms with Crippen LogP contribution in [0.5, 0.6) is 5.75 Å². The van der Waals surface area contributed by atoms with E-state index in [0.717, 1.165) is 11.3 Å². The van der Waals surface area contributed by atoms with Crippen molar-refractivity contribution in [3.63, 3.8) is 0 Å². The third-order valence-corrected chi connectivity index (χ3v) is 5.71. The maximum absolute atomic E-state index is 13.1. The molecule has 1 amide bonds. The van der Waals surface area contributed by atoms with Gasteiger partial charge in [-0.05, 0) is 18.2 Å². The molecular formula is C21H18N4O3. The highest BCUT2D eigenvalue weighted by Crippen LogP contribution is 2.41. The molecule has 0 radical (unpaired) electrons. The van der Waals surface area contributed by atoms with E-state index in [-0.39, 0.29) is 22.8 Å². The van der Waals surface area contributed by atoms with Crippen LogP contribution in [0.25, 0.3) is 10.9 Å². The number of nitrogens with zero attached hydrogens (tertiary/aromatic N) is 3. The maximum atomic E-state index is 13.1. The maximum Gasteiger partial charge on any atom is 0.259 e. The number of hydrogen-bond acceptors (Lipinski definition) is 5. The Bertz CT molecular complexity index is 1240. The van der Waals surface area contributed by atoms with Crippen molar-refractivity contribution in [2.45, 2.75) is 6.04 Å². The summed E-state index contributed by atoms with van der Waals surface area (Å²) in [4.78, 5) is 27.8. The Hall–Kier alpha value is -3.61. The monoisotopic (exact) mass is 374 g/mol. The largest absolute Gasteiger partial charge is 0.507 e. The lowest BCUT2D eigenvalue weighted by atomic mass is 9.83. The highest BCUT2D eigenvalue weighted by atomic mass is 16.3. The van der Waals surface area contributed by atoms with E-state index < -0.39 is 12.0 Å². The average Bonchev–Trinajstić information content (AvgIpc) is 3.15. The van der Waals surface area contributed by atoms with Gasteiger partial charge in [-0.25, -0.2) is 0 Å². The second-order valence-corrected chi connectivity index (χ2v) is 7.14. The first-order valence-electron chi connectivity index (χ1n) is 9.01. The fourth-order valence-electron chi connectivity index (χ4n) is 4.25. The molecule has 2 atom stereocenters. The van der Waals surface area contributed by atoms with E-state index in [0.29, 0.717) is 16.6 Å². The van der Waals surface area contributed by atoms with Gasteiger partial charge >= 0.3 is 0 Å². The molecule has 3 aromatic rings. The molecule has 0 aliphatic carbocycles. The van der Waals surface area contributed by atoms with Crippen molar-refractivity contribution in [3.05, 3.63) is 70.0 Å². The number of amides is 1. The van der Waals surface area contributed by atoms with E-state index in [2.05, 4.69) is 10.5 Å². The van der Waals surface area contributed by atoms with E-state index in [1.165, 1.54) is 4.57 Å². The van der Waals surface area contributed by atoms with Crippen LogP contribution in [-0.4, -0.2) is 28.3 Å². The summed E-state index contributed by atoms with van der Waals surface area (Å²) in [6.45, 7) is 0. The number of benzene rings is 2. The van der Waals surface area contributed by atoms with Crippen LogP contribution in [0.2, 0.25) is 0 Å². The number of pyridine rings is 1. The van der Waals surface area contributed by atoms with Crippen LogP contribution in [0.1, 0.15) is 17.2 Å². The minimum atomic E-state index is -0.735. The first kappa shape index (κ1) is 16.6. The van der Waals surface area contributed by atoms with Gasteiger partial charge in [-0.15, -0.1) is 0 Å². The second kappa shape index (κ2) is 5.69. The average molecular weight is 374 g/mol. The molecule has 0 saturated carbocycles. The number of carbonyl (C=O) groups is 1. The van der Waals surface area contributed by atoms with E-state index >= 15 is 0 Å². The highest BCUT2D eigenvalue weighted by molar-refractivity contribution is 6.24. The Morgan fingerprint density at radius 2 is 1.75 bits per heavy atom. The minimum Gasteiger partial charge on any atom is -0.507 e. The van der Waals surface area contributed by atoms with Gasteiger partial charge in [0.2, 0.25) is 5.91 Å². The first-order valence-corrected chi connectivity index (χ1v) is 9.01. The number of carbonyl (C=O) groups excluding carboxylic acids is 1. The Labute approximate surface area is 160 Å². The van der Waals surface area contributed by atoms with Crippen molar-refractivity contribution in [1.29, 1.82) is 0 Å². The van der Waals surface area contributed by atoms with Gasteiger partial charge in [0.05, 0.1) is 28.5 Å². The van der Waals surface area contributed by atoms with E-state index in [1.807, 2.05) is 30.3 Å². The summed E-state index contributed by atoms with van der Waals surface area (Å²) in [6.07, 6.45) is 0. The predicted molar refractivity (Wildman–Crippen MR) is 107 cm³/mol. The van der Waals surface area contributed by atoms with Crippen LogP contribution < -0.4 is 15.9 Å². The zero-order valence-corrected chi connectivity index (χ0v) is 15.4. The molecule has 0 unspecified atom stereocenters. The molecular weight excluding hydrogens is 356 g/mol.